The molecule has 0 bridgehead atoms. The molecule has 0 spiro atoms. The molecule has 0 fully saturated rings. The lowest BCUT2D eigenvalue weighted by molar-refractivity contribution is 0.102. The fourth-order valence-corrected chi connectivity index (χ4v) is 2.63. The number of amides is 1. The first-order valence-corrected chi connectivity index (χ1v) is 8.59. The zero-order valence-electron chi connectivity index (χ0n) is 14.1. The van der Waals surface area contributed by atoms with Crippen molar-refractivity contribution in [3.8, 4) is 6.07 Å². The van der Waals surface area contributed by atoms with E-state index in [1.807, 2.05) is 0 Å². The average molecular weight is 398 g/mol. The lowest BCUT2D eigenvalue weighted by Gasteiger charge is -2.10. The molecule has 2 aromatic carbocycles. The van der Waals surface area contributed by atoms with Crippen LogP contribution in [0.1, 0.15) is 21.9 Å². The molecule has 0 radical (unpaired) electrons. The third-order valence-corrected chi connectivity index (χ3v) is 4.25. The molecule has 8 heteroatoms. The first-order valence-electron chi connectivity index (χ1n) is 7.84. The standard InChI is InChI=1S/C19H13Cl2N5O/c1-11-23-17(19(27)26-14-5-6-15(20)16(21)8-14)9-18(24-11)25-13-4-2-3-12(7-13)10-22/h2-9H,1H3,(H,26,27)(H,23,24,25). The third-order valence-electron chi connectivity index (χ3n) is 3.51. The number of anilines is 3. The number of hydrogen-bond donors (Lipinski definition) is 2. The summed E-state index contributed by atoms with van der Waals surface area (Å²) in [6.45, 7) is 1.69. The van der Waals surface area contributed by atoms with E-state index >= 15 is 0 Å². The number of nitrogens with zero attached hydrogens (tertiary/aromatic N) is 3. The van der Waals surface area contributed by atoms with Gasteiger partial charge in [0.05, 0.1) is 21.7 Å². The molecule has 0 atom stereocenters. The van der Waals surface area contributed by atoms with E-state index in [4.69, 9.17) is 28.5 Å². The molecule has 0 unspecified atom stereocenters. The highest BCUT2D eigenvalue weighted by atomic mass is 35.5. The molecule has 3 aromatic rings. The second-order valence-corrected chi connectivity index (χ2v) is 6.40. The molecule has 0 aliphatic carbocycles. The van der Waals surface area contributed by atoms with Gasteiger partial charge in [-0.05, 0) is 43.3 Å². The van der Waals surface area contributed by atoms with Gasteiger partial charge in [-0.1, -0.05) is 29.3 Å². The number of nitriles is 1. The van der Waals surface area contributed by atoms with Crippen molar-refractivity contribution in [1.82, 2.24) is 9.97 Å². The molecule has 0 aliphatic heterocycles. The van der Waals surface area contributed by atoms with Crippen molar-refractivity contribution in [3.63, 3.8) is 0 Å². The van der Waals surface area contributed by atoms with Crippen LogP contribution in [0.4, 0.5) is 17.2 Å². The van der Waals surface area contributed by atoms with Gasteiger partial charge in [0, 0.05) is 17.4 Å². The minimum absolute atomic E-state index is 0.188. The Morgan fingerprint density at radius 1 is 1.04 bits per heavy atom. The van der Waals surface area contributed by atoms with Crippen LogP contribution in [0, 0.1) is 18.3 Å². The van der Waals surface area contributed by atoms with Gasteiger partial charge in [0.1, 0.15) is 17.3 Å². The van der Waals surface area contributed by atoms with Crippen LogP contribution in [0.25, 0.3) is 0 Å². The van der Waals surface area contributed by atoms with Crippen molar-refractivity contribution in [1.29, 1.82) is 5.26 Å². The maximum absolute atomic E-state index is 12.5. The van der Waals surface area contributed by atoms with E-state index in [1.54, 1.807) is 49.4 Å². The lowest BCUT2D eigenvalue weighted by atomic mass is 10.2. The number of benzene rings is 2. The van der Waals surface area contributed by atoms with Gasteiger partial charge in [0.2, 0.25) is 0 Å². The van der Waals surface area contributed by atoms with Gasteiger partial charge in [0.15, 0.2) is 0 Å². The Bertz CT molecular complexity index is 1060. The molecule has 2 N–H and O–H groups in total. The van der Waals surface area contributed by atoms with Gasteiger partial charge >= 0.3 is 0 Å². The maximum atomic E-state index is 12.5. The van der Waals surface area contributed by atoms with Crippen LogP contribution >= 0.6 is 23.2 Å². The predicted molar refractivity (Wildman–Crippen MR) is 106 cm³/mol. The highest BCUT2D eigenvalue weighted by molar-refractivity contribution is 6.42. The Kier molecular flexibility index (Phi) is 5.55. The molecule has 0 saturated heterocycles. The van der Waals surface area contributed by atoms with Crippen LogP contribution in [0.2, 0.25) is 10.0 Å². The fraction of sp³-hybridized carbons (Fsp3) is 0.0526. The molecule has 0 aliphatic rings. The van der Waals surface area contributed by atoms with Gasteiger partial charge in [-0.15, -0.1) is 0 Å². The summed E-state index contributed by atoms with van der Waals surface area (Å²) in [4.78, 5) is 21.0. The van der Waals surface area contributed by atoms with Gasteiger partial charge in [0.25, 0.3) is 5.91 Å². The topological polar surface area (TPSA) is 90.7 Å². The van der Waals surface area contributed by atoms with E-state index in [0.717, 1.165) is 0 Å². The van der Waals surface area contributed by atoms with Crippen LogP contribution in [0.15, 0.2) is 48.5 Å². The Labute approximate surface area is 165 Å². The SMILES string of the molecule is Cc1nc(Nc2cccc(C#N)c2)cc(C(=O)Nc2ccc(Cl)c(Cl)c2)n1. The zero-order valence-corrected chi connectivity index (χ0v) is 15.6. The number of hydrogen-bond acceptors (Lipinski definition) is 5. The number of halogens is 2. The van der Waals surface area contributed by atoms with Gasteiger partial charge in [-0.2, -0.15) is 5.26 Å². The van der Waals surface area contributed by atoms with Crippen molar-refractivity contribution in [2.24, 2.45) is 0 Å². The fourth-order valence-electron chi connectivity index (χ4n) is 2.33. The summed E-state index contributed by atoms with van der Waals surface area (Å²) in [5.41, 5.74) is 1.89. The number of nitrogens with one attached hydrogen (secondary N) is 2. The van der Waals surface area contributed by atoms with E-state index < -0.39 is 5.91 Å². The number of carbonyl (C=O) groups is 1. The first kappa shape index (κ1) is 18.6. The summed E-state index contributed by atoms with van der Waals surface area (Å²) < 4.78 is 0. The maximum Gasteiger partial charge on any atom is 0.274 e. The van der Waals surface area contributed by atoms with Gasteiger partial charge in [-0.25, -0.2) is 9.97 Å². The van der Waals surface area contributed by atoms with Crippen molar-refractivity contribution >= 4 is 46.3 Å². The Morgan fingerprint density at radius 3 is 2.59 bits per heavy atom. The second kappa shape index (κ2) is 8.04. The van der Waals surface area contributed by atoms with Crippen LogP contribution in [-0.2, 0) is 0 Å². The number of aromatic nitrogens is 2. The first-order chi connectivity index (χ1) is 12.9. The number of carbonyl (C=O) groups excluding carboxylic acids is 1. The monoisotopic (exact) mass is 397 g/mol. The lowest BCUT2D eigenvalue weighted by Crippen LogP contribution is -2.15. The Balaban J connectivity index is 1.82. The predicted octanol–water partition coefficient (Wildman–Crippen LogP) is 4.96. The average Bonchev–Trinajstić information content (AvgIpc) is 2.64. The van der Waals surface area contributed by atoms with E-state index in [9.17, 15) is 4.79 Å². The Morgan fingerprint density at radius 2 is 1.85 bits per heavy atom. The van der Waals surface area contributed by atoms with Crippen LogP contribution < -0.4 is 10.6 Å². The van der Waals surface area contributed by atoms with E-state index in [2.05, 4.69) is 26.7 Å². The number of rotatable bonds is 4. The van der Waals surface area contributed by atoms with E-state index in [0.29, 0.717) is 38.6 Å². The molecule has 1 aromatic heterocycles. The van der Waals surface area contributed by atoms with Crippen molar-refractivity contribution in [3.05, 3.63) is 75.7 Å². The van der Waals surface area contributed by atoms with Gasteiger partial charge < -0.3 is 10.6 Å². The Hall–Kier alpha value is -3.14. The summed E-state index contributed by atoms with van der Waals surface area (Å²) in [6.07, 6.45) is 0. The van der Waals surface area contributed by atoms with E-state index in [-0.39, 0.29) is 5.69 Å². The molecule has 3 rings (SSSR count). The quantitative estimate of drug-likeness (QED) is 0.648. The highest BCUT2D eigenvalue weighted by Gasteiger charge is 2.12. The molecule has 1 heterocycles. The minimum Gasteiger partial charge on any atom is -0.340 e. The van der Waals surface area contributed by atoms with Gasteiger partial charge in [-0.3, -0.25) is 4.79 Å². The number of aryl methyl sites for hydroxylation is 1. The summed E-state index contributed by atoms with van der Waals surface area (Å²) in [5, 5.41) is 15.5. The smallest absolute Gasteiger partial charge is 0.274 e. The molecular weight excluding hydrogens is 385 g/mol. The van der Waals surface area contributed by atoms with E-state index in [1.165, 1.54) is 6.07 Å². The minimum atomic E-state index is -0.410. The molecule has 27 heavy (non-hydrogen) atoms. The summed E-state index contributed by atoms with van der Waals surface area (Å²) in [5.74, 6) is 0.459. The molecule has 134 valence electrons. The van der Waals surface area contributed by atoms with Crippen molar-refractivity contribution in [2.75, 3.05) is 10.6 Å². The second-order valence-electron chi connectivity index (χ2n) is 5.59. The third kappa shape index (κ3) is 4.73. The molecule has 1 amide bonds. The molecular formula is C19H13Cl2N5O. The summed E-state index contributed by atoms with van der Waals surface area (Å²) >= 11 is 11.8. The summed E-state index contributed by atoms with van der Waals surface area (Å²) in [7, 11) is 0. The molecule has 6 nitrogen and oxygen atoms in total. The molecule has 0 saturated carbocycles. The van der Waals surface area contributed by atoms with Crippen LogP contribution in [0.5, 0.6) is 0 Å². The summed E-state index contributed by atoms with van der Waals surface area (Å²) in [6, 6.07) is 15.3. The van der Waals surface area contributed by atoms with Crippen molar-refractivity contribution < 1.29 is 4.79 Å². The highest BCUT2D eigenvalue weighted by Crippen LogP contribution is 2.25. The van der Waals surface area contributed by atoms with Crippen LogP contribution in [0.3, 0.4) is 0 Å². The van der Waals surface area contributed by atoms with Crippen molar-refractivity contribution in [2.45, 2.75) is 6.92 Å². The van der Waals surface area contributed by atoms with Crippen LogP contribution in [-0.4, -0.2) is 15.9 Å². The largest absolute Gasteiger partial charge is 0.340 e. The zero-order chi connectivity index (χ0) is 19.4. The normalized spacial score (nSPS) is 10.1.